The van der Waals surface area contributed by atoms with Crippen LogP contribution < -0.4 is 59.4 Å². The fourth-order valence-electron chi connectivity index (χ4n) is 11.5. The first-order chi connectivity index (χ1) is 43.2. The number of carbonyl (C=O) groups is 8. The Balaban J connectivity index is 0.000000375. The van der Waals surface area contributed by atoms with Crippen molar-refractivity contribution in [1.82, 2.24) is 8.97 Å². The SMILES string of the molecule is CC[N+](CC)(CC)c1ccccc1C(=O)[O-].C[N+](C)(C)C1=CCC=C1C(=O)[O-].C[N+](C)(C)CCOC(=O)C1C2CCC(CC2)C1C(=O)[O-].C[N+](C)(C)c1ccccc1C(=O)[O-].C[NH+](C)C1=CCC=C1C(=O)[O-].C[NH+](C)c1ccccc1C(=O)[O-].C[NH+]1C=CC=C1C(=O)[O-]. The number of fused-ring (bicyclic) bond motifs is 3. The zero-order valence-corrected chi connectivity index (χ0v) is 57.4. The molecule has 0 saturated heterocycles. The Morgan fingerprint density at radius 2 is 0.957 bits per heavy atom. The molecule has 3 atom stereocenters. The summed E-state index contributed by atoms with van der Waals surface area (Å²) in [5, 5.41) is 75.1. The molecule has 5 aliphatic carbocycles. The van der Waals surface area contributed by atoms with Crippen LogP contribution in [0.3, 0.4) is 0 Å². The summed E-state index contributed by atoms with van der Waals surface area (Å²) in [6, 6.07) is 20.9. The highest BCUT2D eigenvalue weighted by Gasteiger charge is 2.48. The highest BCUT2D eigenvalue weighted by Crippen LogP contribution is 2.49. The van der Waals surface area contributed by atoms with Gasteiger partial charge in [0.25, 0.3) is 0 Å². The van der Waals surface area contributed by atoms with Gasteiger partial charge in [0.15, 0.2) is 5.70 Å². The summed E-state index contributed by atoms with van der Waals surface area (Å²) < 4.78 is 7.75. The monoisotopic (exact) mass is 1290 g/mol. The van der Waals surface area contributed by atoms with Crippen molar-refractivity contribution in [2.75, 3.05) is 131 Å². The first-order valence-corrected chi connectivity index (χ1v) is 31.1. The van der Waals surface area contributed by atoms with Crippen molar-refractivity contribution in [1.29, 1.82) is 0 Å². The highest BCUT2D eigenvalue weighted by atomic mass is 16.5. The van der Waals surface area contributed by atoms with Crippen molar-refractivity contribution < 1.29 is 103 Å². The normalized spacial score (nSPS) is 18.5. The molecule has 93 heavy (non-hydrogen) atoms. The van der Waals surface area contributed by atoms with Gasteiger partial charge in [-0.05, 0) is 126 Å². The minimum atomic E-state index is -1.12. The van der Waals surface area contributed by atoms with Gasteiger partial charge >= 0.3 is 5.97 Å². The minimum absolute atomic E-state index is 0.0981. The lowest BCUT2D eigenvalue weighted by molar-refractivity contribution is -0.870. The Bertz CT molecular complexity index is 3260. The van der Waals surface area contributed by atoms with E-state index in [4.69, 9.17) is 4.74 Å². The predicted molar refractivity (Wildman–Crippen MR) is 341 cm³/mol. The molecule has 23 nitrogen and oxygen atoms in total. The number of aliphatic carboxylic acids is 4. The third-order valence-corrected chi connectivity index (χ3v) is 16.6. The van der Waals surface area contributed by atoms with Crippen LogP contribution in [0.5, 0.6) is 0 Å². The van der Waals surface area contributed by atoms with E-state index in [0.717, 1.165) is 95.0 Å². The van der Waals surface area contributed by atoms with Crippen LogP contribution in [0.1, 0.15) is 90.4 Å². The van der Waals surface area contributed by atoms with Crippen molar-refractivity contribution in [3.63, 3.8) is 0 Å². The predicted octanol–water partition coefficient (Wildman–Crippen LogP) is -4.06. The number of esters is 1. The summed E-state index contributed by atoms with van der Waals surface area (Å²) >= 11 is 0. The fraction of sp³-hybridized carbons (Fsp3) is 0.457. The van der Waals surface area contributed by atoms with Gasteiger partial charge in [0.05, 0.1) is 188 Å². The molecule has 3 aromatic rings. The number of hydrogen-bond donors (Lipinski definition) is 3. The number of likely N-dealkylation sites (N-methyl/N-ethyl adjacent to an activating group) is 4. The first kappa shape index (κ1) is 80.7. The molecule has 23 heteroatoms. The van der Waals surface area contributed by atoms with Gasteiger partial charge in [0.2, 0.25) is 0 Å². The van der Waals surface area contributed by atoms with Gasteiger partial charge in [-0.15, -0.1) is 0 Å². The van der Waals surface area contributed by atoms with Gasteiger partial charge in [-0.2, -0.15) is 0 Å². The van der Waals surface area contributed by atoms with E-state index < -0.39 is 53.6 Å². The standard InChI is InChI=1S/C15H25NO4.C13H19NO2.C10H13NO2.C9H13NO2.C9H11NO2.C8H11NO2.C6H7NO2/c1-16(2,3)8-9-20-15(19)13-11-6-4-10(5-7-11)12(13)14(17)18;1-4-14(5-2,6-3)12-10-8-7-9-11(12)13(15)16;1-11(2,3)9-7-5-4-6-8(9)10(12)13;1-10(2,3)8-6-4-5-7(8)9(11)12;1-10(2)8-6-4-3-5-7(8)9(11)12;1-9(2)7-5-3-4-6(7)8(10)11;1-7-4-2-3-5(7)6(8)9/h10-13H,4-9H2,1-3H3;7-10H,4-6H2,1-3H3;4-7H,1-3H3;5-6H,4H2,1-3H3;3-6H,1-2H3,(H,11,12);4-5H,3H2,1-2H3,(H,10,11);2-4H,1H3,(H,8,9). The number of aromatic carboxylic acids is 3. The third-order valence-electron chi connectivity index (χ3n) is 16.6. The molecule has 3 fully saturated rings. The number of hydrogen-bond acceptors (Lipinski definition) is 16. The summed E-state index contributed by atoms with van der Waals surface area (Å²) in [6.07, 6.45) is 17.3. The number of rotatable bonds is 19. The van der Waals surface area contributed by atoms with E-state index in [9.17, 15) is 74.1 Å². The first-order valence-electron chi connectivity index (χ1n) is 31.1. The molecule has 1 heterocycles. The van der Waals surface area contributed by atoms with Crippen molar-refractivity contribution in [3.8, 4) is 0 Å². The molecular weight excluding hydrogens is 1190 g/mol. The Morgan fingerprint density at radius 3 is 1.30 bits per heavy atom. The maximum Gasteiger partial charge on any atom is 0.310 e. The summed E-state index contributed by atoms with van der Waals surface area (Å²) in [4.78, 5) is 90.1. The van der Waals surface area contributed by atoms with Crippen LogP contribution in [-0.4, -0.2) is 188 Å². The Hall–Kier alpha value is -8.42. The number of benzene rings is 3. The van der Waals surface area contributed by atoms with Crippen molar-refractivity contribution in [2.24, 2.45) is 23.7 Å². The average molecular weight is 1290 g/mol. The lowest BCUT2D eigenvalue weighted by atomic mass is 9.58. The molecule has 3 unspecified atom stereocenters. The molecule has 3 N–H and O–H groups in total. The molecule has 6 aliphatic rings. The second-order valence-electron chi connectivity index (χ2n) is 26.2. The average Bonchev–Trinajstić information content (AvgIpc) is 1.44. The largest absolute Gasteiger partial charge is 0.550 e. The Kier molecular flexibility index (Phi) is 31.9. The molecule has 2 bridgehead atoms. The zero-order valence-electron chi connectivity index (χ0n) is 57.4. The number of nitrogens with one attached hydrogen (secondary N) is 3. The molecule has 0 spiro atoms. The van der Waals surface area contributed by atoms with Crippen LogP contribution in [-0.2, 0) is 28.7 Å². The van der Waals surface area contributed by atoms with Crippen LogP contribution in [0.2, 0.25) is 0 Å². The second-order valence-corrected chi connectivity index (χ2v) is 26.2. The summed E-state index contributed by atoms with van der Waals surface area (Å²) in [7, 11) is 26.9. The number of ether oxygens (including phenoxy) is 1. The molecular formula is C70H99N7O16. The molecule has 9 rings (SSSR count). The van der Waals surface area contributed by atoms with E-state index >= 15 is 0 Å². The molecule has 3 saturated carbocycles. The number of carboxylic acids is 7. The minimum Gasteiger partial charge on any atom is -0.550 e. The quantitative estimate of drug-likeness (QED) is 0.0760. The maximum atomic E-state index is 12.3. The van der Waals surface area contributed by atoms with Crippen LogP contribution in [0.15, 0.2) is 144 Å². The summed E-state index contributed by atoms with van der Waals surface area (Å²) in [5.74, 6) is -8.85. The van der Waals surface area contributed by atoms with Crippen LogP contribution >= 0.6 is 0 Å². The number of para-hydroxylation sites is 3. The van der Waals surface area contributed by atoms with E-state index in [0.29, 0.717) is 54.1 Å². The van der Waals surface area contributed by atoms with Gasteiger partial charge < -0.3 is 88.3 Å². The molecule has 3 aromatic carbocycles. The number of quaternary nitrogens is 7. The van der Waals surface area contributed by atoms with Gasteiger partial charge in [0, 0.05) is 18.0 Å². The van der Waals surface area contributed by atoms with E-state index in [1.54, 1.807) is 80.0 Å². The van der Waals surface area contributed by atoms with Crippen LogP contribution in [0.4, 0.5) is 17.1 Å². The summed E-state index contributed by atoms with van der Waals surface area (Å²) in [5.41, 5.74) is 5.80. The van der Waals surface area contributed by atoms with E-state index in [1.807, 2.05) is 128 Å². The molecule has 1 aliphatic heterocycles. The van der Waals surface area contributed by atoms with Crippen LogP contribution in [0.25, 0.3) is 0 Å². The van der Waals surface area contributed by atoms with Crippen molar-refractivity contribution >= 4 is 64.8 Å². The van der Waals surface area contributed by atoms with E-state index in [-0.39, 0.29) is 34.6 Å². The topological polar surface area (TPSA) is 321 Å². The van der Waals surface area contributed by atoms with Crippen LogP contribution in [0, 0.1) is 23.7 Å². The molecule has 0 aromatic heterocycles. The number of carboxylic acid groups (broad SMARTS) is 7. The van der Waals surface area contributed by atoms with E-state index in [2.05, 4.69) is 20.8 Å². The lowest BCUT2D eigenvalue weighted by Crippen LogP contribution is -3.04. The zero-order chi connectivity index (χ0) is 70.9. The van der Waals surface area contributed by atoms with Crippen molar-refractivity contribution in [2.45, 2.75) is 59.3 Å². The second kappa shape index (κ2) is 36.7. The smallest absolute Gasteiger partial charge is 0.310 e. The summed E-state index contributed by atoms with van der Waals surface area (Å²) in [6.45, 7) is 9.97. The number of carbonyl (C=O) groups excluding carboxylic acids is 8. The lowest BCUT2D eigenvalue weighted by Gasteiger charge is -2.47. The molecule has 0 radical (unpaired) electrons. The fourth-order valence-corrected chi connectivity index (χ4v) is 11.5. The van der Waals surface area contributed by atoms with Gasteiger partial charge in [-0.1, -0.05) is 48.6 Å². The third kappa shape index (κ3) is 24.5. The Morgan fingerprint density at radius 1 is 0.516 bits per heavy atom. The van der Waals surface area contributed by atoms with E-state index in [1.165, 1.54) is 6.08 Å². The van der Waals surface area contributed by atoms with Gasteiger partial charge in [-0.25, -0.2) is 0 Å². The van der Waals surface area contributed by atoms with Gasteiger partial charge in [0.1, 0.15) is 47.6 Å². The number of nitrogens with zero attached hydrogens (tertiary/aromatic N) is 4. The molecule has 0 amide bonds. The van der Waals surface area contributed by atoms with Crippen molar-refractivity contribution in [3.05, 3.63) is 160 Å². The number of allylic oxidation sites excluding steroid dienone is 6. The molecule has 510 valence electrons. The maximum absolute atomic E-state index is 12.3. The Labute approximate surface area is 549 Å². The van der Waals surface area contributed by atoms with Gasteiger partial charge in [-0.3, -0.25) is 23.1 Å². The highest BCUT2D eigenvalue weighted by molar-refractivity contribution is 5.94.